The number of nitrogens with zero attached hydrogens (tertiary/aromatic N) is 3. The maximum absolute atomic E-state index is 12.9. The number of hydrogen-bond acceptors (Lipinski definition) is 6. The van der Waals surface area contributed by atoms with Crippen LogP contribution >= 0.6 is 23.2 Å². The fourth-order valence-electron chi connectivity index (χ4n) is 2.37. The van der Waals surface area contributed by atoms with Gasteiger partial charge in [0.15, 0.2) is 0 Å². The highest BCUT2D eigenvalue weighted by Crippen LogP contribution is 2.36. The normalized spacial score (nSPS) is 11.2. The highest BCUT2D eigenvalue weighted by Gasteiger charge is 2.31. The maximum Gasteiger partial charge on any atom is 0.416 e. The predicted molar refractivity (Wildman–Crippen MR) is 103 cm³/mol. The quantitative estimate of drug-likeness (QED) is 0.360. The monoisotopic (exact) mass is 443 g/mol. The summed E-state index contributed by atoms with van der Waals surface area (Å²) in [5, 5.41) is 17.4. The van der Waals surface area contributed by atoms with Gasteiger partial charge in [0, 0.05) is 10.7 Å². The summed E-state index contributed by atoms with van der Waals surface area (Å²) in [4.78, 5) is 18.5. The number of rotatable bonds is 5. The topological polar surface area (TPSA) is 93.0 Å². The molecule has 150 valence electrons. The molecule has 0 aliphatic rings. The molecule has 1 heterocycles. The molecule has 0 bridgehead atoms. The Kier molecular flexibility index (Phi) is 5.76. The van der Waals surface area contributed by atoms with Gasteiger partial charge in [-0.1, -0.05) is 29.3 Å². The first kappa shape index (κ1) is 20.6. The van der Waals surface area contributed by atoms with E-state index in [4.69, 9.17) is 23.2 Å². The Bertz CT molecular complexity index is 1080. The second-order valence-electron chi connectivity index (χ2n) is 5.63. The smallest absolute Gasteiger partial charge is 0.334 e. The number of nitrogens with one attached hydrogen (secondary N) is 2. The van der Waals surface area contributed by atoms with Crippen LogP contribution in [-0.2, 0) is 6.18 Å². The van der Waals surface area contributed by atoms with Crippen molar-refractivity contribution in [2.24, 2.45) is 0 Å². The molecule has 0 aliphatic heterocycles. The van der Waals surface area contributed by atoms with Crippen molar-refractivity contribution in [3.63, 3.8) is 0 Å². The Hall–Kier alpha value is -3.11. The number of halogens is 5. The second kappa shape index (κ2) is 8.10. The summed E-state index contributed by atoms with van der Waals surface area (Å²) in [5.41, 5.74) is -1.27. The highest BCUT2D eigenvalue weighted by molar-refractivity contribution is 6.35. The standard InChI is InChI=1S/C17H10Cl2F3N5O2/c18-10-4-5-12(19)13(7-10)26-16-14(27(28)29)15(23-8-24-16)25-11-3-1-2-9(6-11)17(20,21)22/h1-8H,(H2,23,24,25,26). The zero-order chi connectivity index (χ0) is 21.2. The minimum absolute atomic E-state index is 0.0339. The van der Waals surface area contributed by atoms with Gasteiger partial charge in [-0.05, 0) is 36.4 Å². The van der Waals surface area contributed by atoms with E-state index in [0.717, 1.165) is 18.5 Å². The van der Waals surface area contributed by atoms with E-state index in [1.54, 1.807) is 0 Å². The molecule has 3 rings (SSSR count). The molecule has 0 saturated heterocycles. The van der Waals surface area contributed by atoms with E-state index >= 15 is 0 Å². The molecule has 12 heteroatoms. The Morgan fingerprint density at radius 1 is 1.00 bits per heavy atom. The Labute approximate surface area is 171 Å². The lowest BCUT2D eigenvalue weighted by Crippen LogP contribution is -2.07. The molecule has 7 nitrogen and oxygen atoms in total. The van der Waals surface area contributed by atoms with Crippen molar-refractivity contribution < 1.29 is 18.1 Å². The van der Waals surface area contributed by atoms with Gasteiger partial charge in [0.1, 0.15) is 6.33 Å². The van der Waals surface area contributed by atoms with Crippen molar-refractivity contribution in [3.05, 3.63) is 74.5 Å². The molecule has 1 aromatic heterocycles. The molecule has 2 N–H and O–H groups in total. The number of benzene rings is 2. The van der Waals surface area contributed by atoms with E-state index in [-0.39, 0.29) is 28.0 Å². The summed E-state index contributed by atoms with van der Waals surface area (Å²) >= 11 is 12.0. The van der Waals surface area contributed by atoms with E-state index in [0.29, 0.717) is 5.02 Å². The number of alkyl halides is 3. The third-order valence-corrected chi connectivity index (χ3v) is 4.20. The van der Waals surface area contributed by atoms with Gasteiger partial charge in [0.05, 0.1) is 21.2 Å². The molecular formula is C17H10Cl2F3N5O2. The van der Waals surface area contributed by atoms with Crippen LogP contribution in [0.4, 0.5) is 41.9 Å². The van der Waals surface area contributed by atoms with E-state index in [9.17, 15) is 23.3 Å². The molecular weight excluding hydrogens is 434 g/mol. The van der Waals surface area contributed by atoms with Gasteiger partial charge in [0.2, 0.25) is 11.6 Å². The summed E-state index contributed by atoms with van der Waals surface area (Å²) < 4.78 is 38.7. The first-order valence-corrected chi connectivity index (χ1v) is 8.56. The maximum atomic E-state index is 12.9. The van der Waals surface area contributed by atoms with Gasteiger partial charge in [-0.3, -0.25) is 10.1 Å². The summed E-state index contributed by atoms with van der Waals surface area (Å²) in [6.45, 7) is 0. The lowest BCUT2D eigenvalue weighted by molar-refractivity contribution is -0.383. The zero-order valence-electron chi connectivity index (χ0n) is 14.2. The van der Waals surface area contributed by atoms with Gasteiger partial charge < -0.3 is 10.6 Å². The summed E-state index contributed by atoms with van der Waals surface area (Å²) in [7, 11) is 0. The Morgan fingerprint density at radius 3 is 2.34 bits per heavy atom. The van der Waals surface area contributed by atoms with Crippen LogP contribution < -0.4 is 10.6 Å². The molecule has 0 radical (unpaired) electrons. The minimum Gasteiger partial charge on any atom is -0.334 e. The third kappa shape index (κ3) is 4.84. The van der Waals surface area contributed by atoms with Crippen LogP contribution in [0.3, 0.4) is 0 Å². The fraction of sp³-hybridized carbons (Fsp3) is 0.0588. The second-order valence-corrected chi connectivity index (χ2v) is 6.47. The first-order chi connectivity index (χ1) is 13.6. The average Bonchev–Trinajstić information content (AvgIpc) is 2.64. The van der Waals surface area contributed by atoms with Crippen molar-refractivity contribution in [2.45, 2.75) is 6.18 Å². The molecule has 3 aromatic rings. The Morgan fingerprint density at radius 2 is 1.69 bits per heavy atom. The number of nitro groups is 1. The summed E-state index contributed by atoms with van der Waals surface area (Å²) in [6.07, 6.45) is -3.55. The molecule has 0 unspecified atom stereocenters. The molecule has 29 heavy (non-hydrogen) atoms. The molecule has 0 spiro atoms. The molecule has 2 aromatic carbocycles. The van der Waals surface area contributed by atoms with Crippen molar-refractivity contribution in [3.8, 4) is 0 Å². The molecule has 0 saturated carbocycles. The largest absolute Gasteiger partial charge is 0.416 e. The van der Waals surface area contributed by atoms with E-state index < -0.39 is 22.4 Å². The van der Waals surface area contributed by atoms with Gasteiger partial charge in [0.25, 0.3) is 0 Å². The molecule has 0 fully saturated rings. The fourth-order valence-corrected chi connectivity index (χ4v) is 2.70. The van der Waals surface area contributed by atoms with Crippen LogP contribution in [0.1, 0.15) is 5.56 Å². The molecule has 0 atom stereocenters. The van der Waals surface area contributed by atoms with Crippen LogP contribution in [0.5, 0.6) is 0 Å². The Balaban J connectivity index is 2.00. The van der Waals surface area contributed by atoms with Crippen molar-refractivity contribution in [1.29, 1.82) is 0 Å². The van der Waals surface area contributed by atoms with Crippen molar-refractivity contribution in [2.75, 3.05) is 10.6 Å². The van der Waals surface area contributed by atoms with Crippen molar-refractivity contribution in [1.82, 2.24) is 9.97 Å². The van der Waals surface area contributed by atoms with Crippen LogP contribution in [-0.4, -0.2) is 14.9 Å². The number of hydrogen-bond donors (Lipinski definition) is 2. The van der Waals surface area contributed by atoms with Crippen molar-refractivity contribution >= 4 is 51.9 Å². The lowest BCUT2D eigenvalue weighted by atomic mass is 10.2. The van der Waals surface area contributed by atoms with E-state index in [2.05, 4.69) is 20.6 Å². The molecule has 0 aliphatic carbocycles. The van der Waals surface area contributed by atoms with Crippen LogP contribution in [0.25, 0.3) is 0 Å². The minimum atomic E-state index is -4.56. The SMILES string of the molecule is O=[N+]([O-])c1c(Nc2cccc(C(F)(F)F)c2)ncnc1Nc1cc(Cl)ccc1Cl. The van der Waals surface area contributed by atoms with Gasteiger partial charge >= 0.3 is 11.9 Å². The highest BCUT2D eigenvalue weighted by atomic mass is 35.5. The average molecular weight is 444 g/mol. The number of aromatic nitrogens is 2. The third-order valence-electron chi connectivity index (χ3n) is 3.64. The van der Waals surface area contributed by atoms with Gasteiger partial charge in [-0.15, -0.1) is 0 Å². The number of anilines is 4. The van der Waals surface area contributed by atoms with E-state index in [1.165, 1.54) is 30.3 Å². The van der Waals surface area contributed by atoms with Crippen LogP contribution in [0, 0.1) is 10.1 Å². The van der Waals surface area contributed by atoms with Gasteiger partial charge in [-0.25, -0.2) is 9.97 Å². The van der Waals surface area contributed by atoms with Crippen LogP contribution in [0.2, 0.25) is 10.0 Å². The summed E-state index contributed by atoms with van der Waals surface area (Å²) in [5.74, 6) is -0.520. The van der Waals surface area contributed by atoms with E-state index in [1.807, 2.05) is 0 Å². The molecule has 0 amide bonds. The lowest BCUT2D eigenvalue weighted by Gasteiger charge is -2.12. The van der Waals surface area contributed by atoms with Gasteiger partial charge in [-0.2, -0.15) is 13.2 Å². The first-order valence-electron chi connectivity index (χ1n) is 7.81. The zero-order valence-corrected chi connectivity index (χ0v) is 15.7. The predicted octanol–water partition coefficient (Wildman–Crippen LogP) is 6.20. The summed E-state index contributed by atoms with van der Waals surface area (Å²) in [6, 6.07) is 8.65. The van der Waals surface area contributed by atoms with Crippen LogP contribution in [0.15, 0.2) is 48.8 Å².